The van der Waals surface area contributed by atoms with E-state index in [1.54, 1.807) is 18.3 Å². The van der Waals surface area contributed by atoms with Crippen molar-refractivity contribution in [3.63, 3.8) is 0 Å². The Kier molecular flexibility index (Phi) is 5.90. The van der Waals surface area contributed by atoms with E-state index in [4.69, 9.17) is 10.00 Å². The van der Waals surface area contributed by atoms with Crippen molar-refractivity contribution in [2.45, 2.75) is 0 Å². The molecule has 0 aliphatic carbocycles. The Morgan fingerprint density at radius 1 is 0.933 bits per heavy atom. The van der Waals surface area contributed by atoms with Crippen LogP contribution >= 0.6 is 0 Å². The predicted molar refractivity (Wildman–Crippen MR) is 115 cm³/mol. The molecule has 1 saturated heterocycles. The van der Waals surface area contributed by atoms with Crippen LogP contribution < -0.4 is 9.64 Å². The molecule has 1 amide bonds. The third-order valence-electron chi connectivity index (χ3n) is 5.17. The molecule has 0 atom stereocenters. The van der Waals surface area contributed by atoms with Crippen molar-refractivity contribution >= 4 is 11.7 Å². The van der Waals surface area contributed by atoms with E-state index in [-0.39, 0.29) is 12.5 Å². The van der Waals surface area contributed by atoms with Crippen LogP contribution in [0, 0.1) is 11.3 Å². The molecule has 3 aromatic rings. The molecule has 6 heteroatoms. The van der Waals surface area contributed by atoms with Gasteiger partial charge in [0.1, 0.15) is 11.6 Å². The second-order valence-electron chi connectivity index (χ2n) is 7.06. The second kappa shape index (κ2) is 9.10. The summed E-state index contributed by atoms with van der Waals surface area (Å²) in [5.41, 5.74) is 2.70. The zero-order valence-electron chi connectivity index (χ0n) is 16.6. The fourth-order valence-corrected chi connectivity index (χ4v) is 3.44. The number of nitriles is 1. The number of amides is 1. The molecule has 0 N–H and O–H groups in total. The number of hydrogen-bond acceptors (Lipinski definition) is 5. The Morgan fingerprint density at radius 3 is 2.20 bits per heavy atom. The van der Waals surface area contributed by atoms with Crippen LogP contribution in [-0.2, 0) is 4.79 Å². The molecular weight excluding hydrogens is 376 g/mol. The van der Waals surface area contributed by atoms with Crippen molar-refractivity contribution < 1.29 is 9.53 Å². The molecule has 1 aromatic heterocycles. The number of nitrogens with zero attached hydrogens (tertiary/aromatic N) is 4. The number of aromatic nitrogens is 1. The highest BCUT2D eigenvalue weighted by Gasteiger charge is 2.22. The Hall–Kier alpha value is -3.85. The van der Waals surface area contributed by atoms with Crippen LogP contribution in [0.3, 0.4) is 0 Å². The van der Waals surface area contributed by atoms with Crippen molar-refractivity contribution in [1.82, 2.24) is 9.88 Å². The van der Waals surface area contributed by atoms with E-state index in [1.165, 1.54) is 0 Å². The van der Waals surface area contributed by atoms with Crippen LogP contribution in [0.15, 0.2) is 72.9 Å². The number of carbonyl (C=O) groups excluding carboxylic acids is 1. The van der Waals surface area contributed by atoms with Gasteiger partial charge in [0.15, 0.2) is 6.61 Å². The molecule has 0 unspecified atom stereocenters. The molecule has 2 aromatic carbocycles. The van der Waals surface area contributed by atoms with Crippen LogP contribution in [0.1, 0.15) is 5.56 Å². The molecule has 1 fully saturated rings. The molecule has 1 aliphatic rings. The lowest BCUT2D eigenvalue weighted by Crippen LogP contribution is -2.50. The number of ether oxygens (including phenoxy) is 1. The lowest BCUT2D eigenvalue weighted by Gasteiger charge is -2.35. The minimum absolute atomic E-state index is 0.00756. The van der Waals surface area contributed by atoms with Crippen molar-refractivity contribution in [1.29, 1.82) is 5.26 Å². The van der Waals surface area contributed by atoms with Crippen LogP contribution in [-0.4, -0.2) is 48.6 Å². The standard InChI is InChI=1S/C24H22N4O2/c25-17-19-4-6-20(7-5-19)21-8-10-22(11-9-21)30-18-24(29)28-15-13-27(14-16-28)23-3-1-2-12-26-23/h1-12H,13-16,18H2. The molecule has 4 rings (SSSR count). The summed E-state index contributed by atoms with van der Waals surface area (Å²) < 4.78 is 5.70. The van der Waals surface area contributed by atoms with Crippen LogP contribution in [0.25, 0.3) is 11.1 Å². The maximum absolute atomic E-state index is 12.5. The zero-order chi connectivity index (χ0) is 20.8. The number of benzene rings is 2. The minimum atomic E-state index is -0.00756. The molecule has 30 heavy (non-hydrogen) atoms. The molecule has 0 radical (unpaired) electrons. The quantitative estimate of drug-likeness (QED) is 0.659. The first-order chi connectivity index (χ1) is 14.7. The maximum Gasteiger partial charge on any atom is 0.260 e. The van der Waals surface area contributed by atoms with E-state index in [2.05, 4.69) is 16.0 Å². The Bertz CT molecular complexity index is 1020. The van der Waals surface area contributed by atoms with Gasteiger partial charge in [0, 0.05) is 32.4 Å². The van der Waals surface area contributed by atoms with Gasteiger partial charge in [0.25, 0.3) is 5.91 Å². The van der Waals surface area contributed by atoms with Gasteiger partial charge >= 0.3 is 0 Å². The van der Waals surface area contributed by atoms with Gasteiger partial charge in [0.05, 0.1) is 11.6 Å². The van der Waals surface area contributed by atoms with Gasteiger partial charge in [-0.05, 0) is 47.5 Å². The highest BCUT2D eigenvalue weighted by atomic mass is 16.5. The average molecular weight is 398 g/mol. The third kappa shape index (κ3) is 4.58. The minimum Gasteiger partial charge on any atom is -0.484 e. The number of hydrogen-bond donors (Lipinski definition) is 0. The largest absolute Gasteiger partial charge is 0.484 e. The monoisotopic (exact) mass is 398 g/mol. The second-order valence-corrected chi connectivity index (χ2v) is 7.06. The van der Waals surface area contributed by atoms with Crippen LogP contribution in [0.2, 0.25) is 0 Å². The zero-order valence-corrected chi connectivity index (χ0v) is 16.6. The summed E-state index contributed by atoms with van der Waals surface area (Å²) in [6.45, 7) is 2.89. The first-order valence-corrected chi connectivity index (χ1v) is 9.90. The lowest BCUT2D eigenvalue weighted by molar-refractivity contribution is -0.133. The summed E-state index contributed by atoms with van der Waals surface area (Å²) in [5.74, 6) is 1.60. The lowest BCUT2D eigenvalue weighted by atomic mass is 10.0. The van der Waals surface area contributed by atoms with E-state index in [9.17, 15) is 4.79 Å². The van der Waals surface area contributed by atoms with Crippen molar-refractivity contribution in [3.05, 3.63) is 78.5 Å². The molecule has 1 aliphatic heterocycles. The number of rotatable bonds is 5. The highest BCUT2D eigenvalue weighted by Crippen LogP contribution is 2.23. The summed E-state index contributed by atoms with van der Waals surface area (Å²) in [6, 6.07) is 23.0. The average Bonchev–Trinajstić information content (AvgIpc) is 2.83. The van der Waals surface area contributed by atoms with Gasteiger partial charge in [-0.2, -0.15) is 5.26 Å². The Labute approximate surface area is 176 Å². The first kappa shape index (κ1) is 19.5. The number of carbonyl (C=O) groups is 1. The predicted octanol–water partition coefficient (Wildman–Crippen LogP) is 3.35. The van der Waals surface area contributed by atoms with Gasteiger partial charge in [-0.3, -0.25) is 4.79 Å². The number of pyridine rings is 1. The normalized spacial score (nSPS) is 13.6. The summed E-state index contributed by atoms with van der Waals surface area (Å²) in [5, 5.41) is 8.90. The SMILES string of the molecule is N#Cc1ccc(-c2ccc(OCC(=O)N3CCN(c4ccccn4)CC3)cc2)cc1. The third-order valence-corrected chi connectivity index (χ3v) is 5.17. The molecule has 2 heterocycles. The van der Waals surface area contributed by atoms with Gasteiger partial charge in [0.2, 0.25) is 0 Å². The highest BCUT2D eigenvalue weighted by molar-refractivity contribution is 5.78. The summed E-state index contributed by atoms with van der Waals surface area (Å²) in [6.07, 6.45) is 1.79. The van der Waals surface area contributed by atoms with Crippen LogP contribution in [0.4, 0.5) is 5.82 Å². The molecule has 0 spiro atoms. The van der Waals surface area contributed by atoms with Gasteiger partial charge < -0.3 is 14.5 Å². The van der Waals surface area contributed by atoms with E-state index < -0.39 is 0 Å². The Morgan fingerprint density at radius 2 is 1.60 bits per heavy atom. The number of piperazine rings is 1. The van der Waals surface area contributed by atoms with Gasteiger partial charge in [-0.25, -0.2) is 4.98 Å². The summed E-state index contributed by atoms with van der Waals surface area (Å²) in [4.78, 5) is 20.9. The van der Waals surface area contributed by atoms with Crippen molar-refractivity contribution in [2.75, 3.05) is 37.7 Å². The molecule has 6 nitrogen and oxygen atoms in total. The first-order valence-electron chi connectivity index (χ1n) is 9.90. The molecule has 0 saturated carbocycles. The van der Waals surface area contributed by atoms with Crippen LogP contribution in [0.5, 0.6) is 5.75 Å². The maximum atomic E-state index is 12.5. The van der Waals surface area contributed by atoms with E-state index in [0.29, 0.717) is 24.4 Å². The fourth-order valence-electron chi connectivity index (χ4n) is 3.44. The summed E-state index contributed by atoms with van der Waals surface area (Å²) >= 11 is 0. The van der Waals surface area contributed by atoms with Gasteiger partial charge in [-0.1, -0.05) is 30.3 Å². The summed E-state index contributed by atoms with van der Waals surface area (Å²) in [7, 11) is 0. The molecular formula is C24H22N4O2. The topological polar surface area (TPSA) is 69.5 Å². The molecule has 150 valence electrons. The fraction of sp³-hybridized carbons (Fsp3) is 0.208. The van der Waals surface area contributed by atoms with E-state index in [0.717, 1.165) is 30.0 Å². The Balaban J connectivity index is 1.27. The van der Waals surface area contributed by atoms with Crippen molar-refractivity contribution in [2.24, 2.45) is 0 Å². The molecule has 0 bridgehead atoms. The number of anilines is 1. The van der Waals surface area contributed by atoms with E-state index in [1.807, 2.05) is 59.5 Å². The van der Waals surface area contributed by atoms with Gasteiger partial charge in [-0.15, -0.1) is 0 Å². The smallest absolute Gasteiger partial charge is 0.260 e. The van der Waals surface area contributed by atoms with Crippen molar-refractivity contribution in [3.8, 4) is 22.9 Å². The van der Waals surface area contributed by atoms with E-state index >= 15 is 0 Å².